The van der Waals surface area contributed by atoms with Crippen LogP contribution in [0.4, 0.5) is 5.69 Å². The lowest BCUT2D eigenvalue weighted by atomic mass is 10.1. The van der Waals surface area contributed by atoms with Crippen molar-refractivity contribution >= 4 is 56.4 Å². The number of aromatic nitrogens is 6. The number of hydrogen-bond acceptors (Lipinski definition) is 3. The van der Waals surface area contributed by atoms with Gasteiger partial charge in [-0.05, 0) is 58.8 Å². The summed E-state index contributed by atoms with van der Waals surface area (Å²) in [6.45, 7) is 2.07. The molecule has 0 amide bonds. The summed E-state index contributed by atoms with van der Waals surface area (Å²) in [6.07, 6.45) is 5.97. The second-order valence-corrected chi connectivity index (χ2v) is 16.6. The Morgan fingerprint density at radius 3 is 2.41 bits per heavy atom. The van der Waals surface area contributed by atoms with E-state index in [0.717, 1.165) is 34.2 Å². The van der Waals surface area contributed by atoms with Gasteiger partial charge >= 0.3 is 22.9 Å². The average Bonchev–Trinajstić information content (AvgIpc) is 3.81. The molecule has 9 heteroatoms. The van der Waals surface area contributed by atoms with Crippen molar-refractivity contribution in [3.05, 3.63) is 121 Å². The minimum atomic E-state index is -2.79. The molecule has 0 fully saturated rings. The second-order valence-electron chi connectivity index (χ2n) is 13.0. The highest BCUT2D eigenvalue weighted by atomic mass is 28.3. The molecule has 0 bridgehead atoms. The lowest BCUT2D eigenvalue weighted by Crippen LogP contribution is -2.89. The number of pyridine rings is 1. The predicted octanol–water partition coefficient (Wildman–Crippen LogP) is 3.03. The quantitative estimate of drug-likeness (QED) is 0.151. The average molecular weight is 609 g/mol. The van der Waals surface area contributed by atoms with E-state index in [4.69, 9.17) is 9.84 Å². The van der Waals surface area contributed by atoms with Crippen molar-refractivity contribution in [2.75, 3.05) is 0 Å². The molecule has 4 aromatic heterocycles. The third kappa shape index (κ3) is 1.97. The van der Waals surface area contributed by atoms with Crippen molar-refractivity contribution in [3.8, 4) is 39.8 Å². The molecule has 4 aromatic carbocycles. The van der Waals surface area contributed by atoms with E-state index in [1.807, 2.05) is 12.4 Å². The number of quaternary nitrogens is 1. The van der Waals surface area contributed by atoms with Crippen molar-refractivity contribution in [3.63, 3.8) is 0 Å². The van der Waals surface area contributed by atoms with Crippen LogP contribution in [-0.4, -0.2) is 27.5 Å². The summed E-state index contributed by atoms with van der Waals surface area (Å²) in [7, 11) is -2.79. The van der Waals surface area contributed by atoms with Crippen LogP contribution >= 0.6 is 0 Å². The van der Waals surface area contributed by atoms with E-state index < -0.39 is 8.07 Å². The largest absolute Gasteiger partial charge is 0.456 e. The van der Waals surface area contributed by atoms with Crippen LogP contribution in [0.15, 0.2) is 116 Å². The van der Waals surface area contributed by atoms with Gasteiger partial charge in [0.25, 0.3) is 0 Å². The van der Waals surface area contributed by atoms with Gasteiger partial charge in [0.2, 0.25) is 21.9 Å². The lowest BCUT2D eigenvalue weighted by molar-refractivity contribution is -1.05. The zero-order valence-electron chi connectivity index (χ0n) is 24.5. The number of para-hydroxylation sites is 1. The second kappa shape index (κ2) is 6.84. The Labute approximate surface area is 262 Å². The smallest absolute Gasteiger partial charge is 0.393 e. The summed E-state index contributed by atoms with van der Waals surface area (Å²) >= 11 is 0. The van der Waals surface area contributed by atoms with E-state index in [2.05, 4.69) is 134 Å². The van der Waals surface area contributed by atoms with Gasteiger partial charge in [-0.15, -0.1) is 5.10 Å². The maximum absolute atomic E-state index is 6.84. The van der Waals surface area contributed by atoms with Crippen molar-refractivity contribution in [2.24, 2.45) is 0 Å². The van der Waals surface area contributed by atoms with Crippen LogP contribution in [0.1, 0.15) is 5.69 Å². The van der Waals surface area contributed by atoms with Gasteiger partial charge < -0.3 is 4.74 Å². The minimum absolute atomic E-state index is 0.186. The number of nitrogens with zero attached hydrogens (tertiary/aromatic N) is 7. The van der Waals surface area contributed by atoms with E-state index >= 15 is 0 Å². The van der Waals surface area contributed by atoms with Crippen LogP contribution < -0.4 is 39.6 Å². The third-order valence-corrected chi connectivity index (χ3v) is 16.0. The standard InChI is InChI=1S/C37H22N7OSi/c1-21-18-26-27-19-38-20-33-42(27)44(43(26)39-21)36-28(45-33)15-16-32-35(36)41-34-24(25-11-7-17-40(44)37(25)41)10-6-14-31(34)46(32)29-12-4-2-8-22(29)23-9-3-5-13-30(23)46/h2-20H,1H3/q+3. The van der Waals surface area contributed by atoms with Gasteiger partial charge in [0.15, 0.2) is 14.3 Å². The molecule has 0 saturated heterocycles. The van der Waals surface area contributed by atoms with Crippen LogP contribution in [0.2, 0.25) is 0 Å². The molecule has 9 heterocycles. The molecule has 1 atom stereocenters. The molecule has 0 radical (unpaired) electrons. The van der Waals surface area contributed by atoms with Crippen LogP contribution in [0, 0.1) is 6.92 Å². The first-order valence-corrected chi connectivity index (χ1v) is 17.7. The van der Waals surface area contributed by atoms with E-state index in [1.54, 1.807) is 0 Å². The summed E-state index contributed by atoms with van der Waals surface area (Å²) in [5.41, 5.74) is 10.4. The lowest BCUT2D eigenvalue weighted by Gasteiger charge is -2.38. The van der Waals surface area contributed by atoms with Crippen LogP contribution in [0.25, 0.3) is 50.1 Å². The molecule has 212 valence electrons. The van der Waals surface area contributed by atoms with Gasteiger partial charge in [0.1, 0.15) is 22.6 Å². The Morgan fingerprint density at radius 2 is 1.57 bits per heavy atom. The van der Waals surface area contributed by atoms with Crippen molar-refractivity contribution in [1.82, 2.24) is 24.3 Å². The topological polar surface area (TPSA) is 52.6 Å². The van der Waals surface area contributed by atoms with Gasteiger partial charge in [-0.3, -0.25) is 0 Å². The highest BCUT2D eigenvalue weighted by Crippen LogP contribution is 2.51. The molecule has 0 N–H and O–H groups in total. The number of hydrogen-bond donors (Lipinski definition) is 0. The maximum atomic E-state index is 6.84. The molecular formula is C37H22N7OSi+3. The Kier molecular flexibility index (Phi) is 3.36. The Balaban J connectivity index is 1.36. The Bertz CT molecular complexity index is 2790. The third-order valence-electron chi connectivity index (χ3n) is 11.1. The highest BCUT2D eigenvalue weighted by Gasteiger charge is 2.73. The molecule has 8 nitrogen and oxygen atoms in total. The fraction of sp³-hybridized carbons (Fsp3) is 0.0270. The summed E-state index contributed by atoms with van der Waals surface area (Å²) in [5, 5.41) is 13.5. The SMILES string of the molecule is Cc1cc2n(n1)[N+]13c4c(ccc5c4-n4c6c(cccc6c6ccc[n+]1c64)[Si]51c4ccccc4-c4ccccc41)Oc1cncc-2[n+]13. The summed E-state index contributed by atoms with van der Waals surface area (Å²) in [4.78, 5) is 6.99. The van der Waals surface area contributed by atoms with Gasteiger partial charge in [0, 0.05) is 25.2 Å². The number of rotatable bonds is 0. The highest BCUT2D eigenvalue weighted by molar-refractivity contribution is 7.23. The zero-order chi connectivity index (χ0) is 29.7. The number of aryl methyl sites for hydroxylation is 1. The normalized spacial score (nSPS) is 18.5. The number of fused-ring (bicyclic) bond motifs is 10. The van der Waals surface area contributed by atoms with E-state index in [9.17, 15) is 0 Å². The number of ether oxygens (including phenoxy) is 1. The first kappa shape index (κ1) is 22.6. The fourth-order valence-corrected chi connectivity index (χ4v) is 15.2. The molecule has 2 spiro atoms. The van der Waals surface area contributed by atoms with E-state index in [0.29, 0.717) is 5.88 Å². The molecule has 0 aliphatic carbocycles. The van der Waals surface area contributed by atoms with Crippen LogP contribution in [0.3, 0.4) is 0 Å². The summed E-state index contributed by atoms with van der Waals surface area (Å²) in [6, 6.07) is 36.5. The maximum Gasteiger partial charge on any atom is 0.456 e. The van der Waals surface area contributed by atoms with Crippen LogP contribution in [-0.2, 0) is 0 Å². The van der Waals surface area contributed by atoms with Gasteiger partial charge in [-0.25, -0.2) is 4.98 Å². The molecule has 1 unspecified atom stereocenters. The molecule has 0 saturated carbocycles. The molecule has 5 aliphatic heterocycles. The Hall–Kier alpha value is -5.90. The van der Waals surface area contributed by atoms with Crippen LogP contribution in [0.5, 0.6) is 11.6 Å². The first-order valence-electron chi connectivity index (χ1n) is 15.7. The molecule has 13 rings (SSSR count). The Morgan fingerprint density at radius 1 is 0.783 bits per heavy atom. The van der Waals surface area contributed by atoms with E-state index in [-0.39, 0.29) is 4.81 Å². The summed E-state index contributed by atoms with van der Waals surface area (Å²) in [5.74, 6) is 1.50. The first-order chi connectivity index (χ1) is 22.7. The van der Waals surface area contributed by atoms with Crippen molar-refractivity contribution in [1.29, 1.82) is 0 Å². The molecule has 8 aromatic rings. The van der Waals surface area contributed by atoms with E-state index in [1.165, 1.54) is 53.9 Å². The fourth-order valence-electron chi connectivity index (χ4n) is 9.69. The van der Waals surface area contributed by atoms with Gasteiger partial charge in [-0.2, -0.15) is 4.57 Å². The molecule has 5 aliphatic rings. The predicted molar refractivity (Wildman–Crippen MR) is 176 cm³/mol. The monoisotopic (exact) mass is 608 g/mol. The van der Waals surface area contributed by atoms with Gasteiger partial charge in [-0.1, -0.05) is 66.7 Å². The van der Waals surface area contributed by atoms with Crippen molar-refractivity contribution < 1.29 is 14.1 Å². The van der Waals surface area contributed by atoms with Gasteiger partial charge in [0.05, 0.1) is 11.1 Å². The number of benzene rings is 4. The zero-order valence-corrected chi connectivity index (χ0v) is 25.5. The molecule has 46 heavy (non-hydrogen) atoms. The molecular weight excluding hydrogens is 587 g/mol. The minimum Gasteiger partial charge on any atom is -0.393 e. The van der Waals surface area contributed by atoms with Crippen molar-refractivity contribution in [2.45, 2.75) is 6.92 Å². The summed E-state index contributed by atoms with van der Waals surface area (Å²) < 4.78 is 14.0.